The maximum Gasteiger partial charge on any atom is 0.251 e. The molecule has 4 heteroatoms. The average molecular weight is 287 g/mol. The van der Waals surface area contributed by atoms with E-state index in [1.54, 1.807) is 0 Å². The summed E-state index contributed by atoms with van der Waals surface area (Å²) < 4.78 is 0. The van der Waals surface area contributed by atoms with Crippen LogP contribution in [0.15, 0.2) is 18.2 Å². The van der Waals surface area contributed by atoms with Gasteiger partial charge in [-0.15, -0.1) is 0 Å². The van der Waals surface area contributed by atoms with E-state index >= 15 is 0 Å². The molecule has 1 amide bonds. The molecular weight excluding hydrogens is 262 g/mol. The standard InChI is InChI=1S/C17H25N3O/c21-17(20-9-8-13-4-2-1-3-5-13)14-6-7-15-16(12-14)19-11-10-18-15/h6-7,12-13,18-19H,1-5,8-11H2,(H,20,21). The zero-order valence-corrected chi connectivity index (χ0v) is 12.6. The minimum absolute atomic E-state index is 0.0426. The summed E-state index contributed by atoms with van der Waals surface area (Å²) in [5, 5.41) is 9.71. The van der Waals surface area contributed by atoms with E-state index in [4.69, 9.17) is 0 Å². The second-order valence-electron chi connectivity index (χ2n) is 6.16. The van der Waals surface area contributed by atoms with E-state index in [0.29, 0.717) is 0 Å². The largest absolute Gasteiger partial charge is 0.382 e. The molecule has 21 heavy (non-hydrogen) atoms. The van der Waals surface area contributed by atoms with Crippen molar-refractivity contribution >= 4 is 17.3 Å². The molecule has 0 bridgehead atoms. The minimum atomic E-state index is 0.0426. The number of rotatable bonds is 4. The molecule has 114 valence electrons. The summed E-state index contributed by atoms with van der Waals surface area (Å²) in [4.78, 5) is 12.2. The van der Waals surface area contributed by atoms with Crippen LogP contribution in [0.1, 0.15) is 48.9 Å². The van der Waals surface area contributed by atoms with Crippen molar-refractivity contribution in [1.82, 2.24) is 5.32 Å². The minimum Gasteiger partial charge on any atom is -0.382 e. The second-order valence-corrected chi connectivity index (χ2v) is 6.16. The van der Waals surface area contributed by atoms with Gasteiger partial charge in [-0.3, -0.25) is 4.79 Å². The molecule has 0 saturated heterocycles. The zero-order chi connectivity index (χ0) is 14.5. The van der Waals surface area contributed by atoms with Crippen molar-refractivity contribution in [2.75, 3.05) is 30.3 Å². The van der Waals surface area contributed by atoms with Gasteiger partial charge in [0.15, 0.2) is 0 Å². The Balaban J connectivity index is 1.50. The van der Waals surface area contributed by atoms with Gasteiger partial charge in [0.25, 0.3) is 5.91 Å². The molecule has 0 spiro atoms. The SMILES string of the molecule is O=C(NCCC1CCCCC1)c1ccc2c(c1)NCCN2. The van der Waals surface area contributed by atoms with Crippen LogP contribution < -0.4 is 16.0 Å². The molecule has 4 nitrogen and oxygen atoms in total. The first-order valence-corrected chi connectivity index (χ1v) is 8.23. The maximum atomic E-state index is 12.2. The molecular formula is C17H25N3O. The highest BCUT2D eigenvalue weighted by molar-refractivity contribution is 5.96. The van der Waals surface area contributed by atoms with E-state index in [2.05, 4.69) is 16.0 Å². The van der Waals surface area contributed by atoms with Crippen molar-refractivity contribution in [2.45, 2.75) is 38.5 Å². The number of fused-ring (bicyclic) bond motifs is 1. The highest BCUT2D eigenvalue weighted by Crippen LogP contribution is 2.26. The molecule has 0 unspecified atom stereocenters. The Morgan fingerprint density at radius 2 is 1.86 bits per heavy atom. The first-order chi connectivity index (χ1) is 10.3. The first-order valence-electron chi connectivity index (χ1n) is 8.23. The second kappa shape index (κ2) is 6.83. The number of carbonyl (C=O) groups excluding carboxylic acids is 1. The molecule has 2 aliphatic rings. The van der Waals surface area contributed by atoms with E-state index in [-0.39, 0.29) is 5.91 Å². The number of hydrogen-bond donors (Lipinski definition) is 3. The van der Waals surface area contributed by atoms with Crippen molar-refractivity contribution in [3.63, 3.8) is 0 Å². The van der Waals surface area contributed by atoms with E-state index < -0.39 is 0 Å². The van der Waals surface area contributed by atoms with Crippen LogP contribution in [0, 0.1) is 5.92 Å². The Morgan fingerprint density at radius 3 is 2.67 bits per heavy atom. The van der Waals surface area contributed by atoms with Gasteiger partial charge in [-0.1, -0.05) is 32.1 Å². The lowest BCUT2D eigenvalue weighted by Crippen LogP contribution is -2.27. The van der Waals surface area contributed by atoms with Crippen LogP contribution in [0.5, 0.6) is 0 Å². The van der Waals surface area contributed by atoms with Crippen LogP contribution in [0.25, 0.3) is 0 Å². The quantitative estimate of drug-likeness (QED) is 0.797. The third kappa shape index (κ3) is 3.69. The van der Waals surface area contributed by atoms with Gasteiger partial charge in [-0.05, 0) is 30.5 Å². The molecule has 0 atom stereocenters. The molecule has 3 N–H and O–H groups in total. The van der Waals surface area contributed by atoms with E-state index in [1.165, 1.54) is 32.1 Å². The Morgan fingerprint density at radius 1 is 1.10 bits per heavy atom. The van der Waals surface area contributed by atoms with Gasteiger partial charge in [0.2, 0.25) is 0 Å². The number of benzene rings is 1. The molecule has 1 aliphatic heterocycles. The molecule has 1 aromatic carbocycles. The summed E-state index contributed by atoms with van der Waals surface area (Å²) in [6.45, 7) is 2.63. The zero-order valence-electron chi connectivity index (χ0n) is 12.6. The van der Waals surface area contributed by atoms with Crippen molar-refractivity contribution in [3.05, 3.63) is 23.8 Å². The third-order valence-corrected chi connectivity index (χ3v) is 4.60. The van der Waals surface area contributed by atoms with Gasteiger partial charge in [-0.2, -0.15) is 0 Å². The fraction of sp³-hybridized carbons (Fsp3) is 0.588. The summed E-state index contributed by atoms with van der Waals surface area (Å²) >= 11 is 0. The molecule has 3 rings (SSSR count). The van der Waals surface area contributed by atoms with Gasteiger partial charge < -0.3 is 16.0 Å². The third-order valence-electron chi connectivity index (χ3n) is 4.60. The predicted molar refractivity (Wildman–Crippen MR) is 86.9 cm³/mol. The summed E-state index contributed by atoms with van der Waals surface area (Å²) in [6.07, 6.45) is 7.91. The van der Waals surface area contributed by atoms with Gasteiger partial charge in [-0.25, -0.2) is 0 Å². The van der Waals surface area contributed by atoms with Gasteiger partial charge in [0, 0.05) is 25.2 Å². The molecule has 1 fully saturated rings. The Kier molecular flexibility index (Phi) is 4.63. The molecule has 1 aromatic rings. The van der Waals surface area contributed by atoms with E-state index in [0.717, 1.165) is 48.9 Å². The first kappa shape index (κ1) is 14.2. The van der Waals surface area contributed by atoms with Crippen LogP contribution in [0.2, 0.25) is 0 Å². The van der Waals surface area contributed by atoms with Crippen LogP contribution in [-0.4, -0.2) is 25.5 Å². The maximum absolute atomic E-state index is 12.2. The average Bonchev–Trinajstić information content (AvgIpc) is 2.55. The molecule has 0 aromatic heterocycles. The summed E-state index contributed by atoms with van der Waals surface area (Å²) in [6, 6.07) is 5.82. The van der Waals surface area contributed by atoms with E-state index in [9.17, 15) is 4.79 Å². The molecule has 1 heterocycles. The van der Waals surface area contributed by atoms with E-state index in [1.807, 2.05) is 18.2 Å². The summed E-state index contributed by atoms with van der Waals surface area (Å²) in [5.74, 6) is 0.856. The lowest BCUT2D eigenvalue weighted by Gasteiger charge is -2.22. The number of carbonyl (C=O) groups is 1. The Hall–Kier alpha value is -1.71. The van der Waals surface area contributed by atoms with Crippen LogP contribution in [-0.2, 0) is 0 Å². The van der Waals surface area contributed by atoms with Crippen molar-refractivity contribution in [1.29, 1.82) is 0 Å². The predicted octanol–water partition coefficient (Wildman–Crippen LogP) is 3.22. The number of anilines is 2. The van der Waals surface area contributed by atoms with Gasteiger partial charge >= 0.3 is 0 Å². The highest BCUT2D eigenvalue weighted by atomic mass is 16.1. The smallest absolute Gasteiger partial charge is 0.251 e. The fourth-order valence-corrected chi connectivity index (χ4v) is 3.35. The summed E-state index contributed by atoms with van der Waals surface area (Å²) in [7, 11) is 0. The van der Waals surface area contributed by atoms with Gasteiger partial charge in [0.1, 0.15) is 0 Å². The Bertz CT molecular complexity index is 495. The molecule has 0 radical (unpaired) electrons. The molecule has 1 aliphatic carbocycles. The van der Waals surface area contributed by atoms with Crippen LogP contribution >= 0.6 is 0 Å². The van der Waals surface area contributed by atoms with Crippen molar-refractivity contribution in [3.8, 4) is 0 Å². The highest BCUT2D eigenvalue weighted by Gasteiger charge is 2.15. The topological polar surface area (TPSA) is 53.2 Å². The van der Waals surface area contributed by atoms with Crippen molar-refractivity contribution in [2.24, 2.45) is 5.92 Å². The monoisotopic (exact) mass is 287 g/mol. The van der Waals surface area contributed by atoms with Crippen LogP contribution in [0.4, 0.5) is 11.4 Å². The number of hydrogen-bond acceptors (Lipinski definition) is 3. The number of amides is 1. The lowest BCUT2D eigenvalue weighted by atomic mass is 9.87. The normalized spacial score (nSPS) is 18.3. The Labute approximate surface area is 126 Å². The molecule has 1 saturated carbocycles. The summed E-state index contributed by atoms with van der Waals surface area (Å²) in [5.41, 5.74) is 2.86. The van der Waals surface area contributed by atoms with Gasteiger partial charge in [0.05, 0.1) is 11.4 Å². The van der Waals surface area contributed by atoms with Crippen LogP contribution in [0.3, 0.4) is 0 Å². The fourth-order valence-electron chi connectivity index (χ4n) is 3.35. The number of nitrogens with one attached hydrogen (secondary N) is 3. The lowest BCUT2D eigenvalue weighted by molar-refractivity contribution is 0.0950. The van der Waals surface area contributed by atoms with Crippen molar-refractivity contribution < 1.29 is 4.79 Å².